The number of nitrogens with zero attached hydrogens (tertiary/aromatic N) is 4. The standard InChI is InChI=1S/C23H20N6O2/c1-23(2,13-24)29-22(30)18-6-4-5-17(27-18)16-9-15-10-19(28-21(15)26-12-16)14-7-8-20(31-3)25-11-14/h4-12H,1-3H3,(H,26,28)(H,29,30). The van der Waals surface area contributed by atoms with E-state index in [4.69, 9.17) is 10.00 Å². The SMILES string of the molecule is COc1ccc(-c2cc3cc(-c4cccc(C(=O)NC(C)(C)C#N)n4)cnc3[nH]2)cn1. The summed E-state index contributed by atoms with van der Waals surface area (Å²) in [7, 11) is 1.58. The van der Waals surface area contributed by atoms with Crippen LogP contribution in [-0.4, -0.2) is 38.5 Å². The van der Waals surface area contributed by atoms with Crippen LogP contribution >= 0.6 is 0 Å². The van der Waals surface area contributed by atoms with Gasteiger partial charge < -0.3 is 15.0 Å². The predicted octanol–water partition coefficient (Wildman–Crippen LogP) is 3.73. The quantitative estimate of drug-likeness (QED) is 0.516. The van der Waals surface area contributed by atoms with Crippen LogP contribution in [0.3, 0.4) is 0 Å². The molecule has 0 aliphatic carbocycles. The lowest BCUT2D eigenvalue weighted by Crippen LogP contribution is -2.42. The molecule has 0 aliphatic rings. The number of hydrogen-bond donors (Lipinski definition) is 2. The molecule has 0 bridgehead atoms. The Morgan fingerprint density at radius 3 is 2.65 bits per heavy atom. The van der Waals surface area contributed by atoms with Crippen LogP contribution in [0.1, 0.15) is 24.3 Å². The molecule has 0 unspecified atom stereocenters. The van der Waals surface area contributed by atoms with Crippen LogP contribution in [0.5, 0.6) is 5.88 Å². The highest BCUT2D eigenvalue weighted by molar-refractivity contribution is 5.94. The van der Waals surface area contributed by atoms with E-state index in [1.54, 1.807) is 51.6 Å². The summed E-state index contributed by atoms with van der Waals surface area (Å²) in [4.78, 5) is 28.9. The Balaban J connectivity index is 1.64. The van der Waals surface area contributed by atoms with Crippen molar-refractivity contribution in [3.8, 4) is 34.5 Å². The molecule has 0 aliphatic heterocycles. The smallest absolute Gasteiger partial charge is 0.271 e. The van der Waals surface area contributed by atoms with E-state index < -0.39 is 11.4 Å². The van der Waals surface area contributed by atoms with Gasteiger partial charge in [-0.05, 0) is 44.2 Å². The van der Waals surface area contributed by atoms with Gasteiger partial charge in [-0.1, -0.05) is 6.07 Å². The maximum Gasteiger partial charge on any atom is 0.271 e. The zero-order valence-corrected chi connectivity index (χ0v) is 17.3. The van der Waals surface area contributed by atoms with Crippen LogP contribution < -0.4 is 10.1 Å². The Kier molecular flexibility index (Phi) is 5.09. The van der Waals surface area contributed by atoms with Crippen LogP contribution in [-0.2, 0) is 0 Å². The Morgan fingerprint density at radius 1 is 1.13 bits per heavy atom. The number of carbonyl (C=O) groups excluding carboxylic acids is 1. The molecule has 4 aromatic heterocycles. The van der Waals surface area contributed by atoms with Gasteiger partial charge in [0, 0.05) is 40.7 Å². The maximum absolute atomic E-state index is 12.5. The second-order valence-corrected chi connectivity index (χ2v) is 7.53. The fourth-order valence-electron chi connectivity index (χ4n) is 3.07. The molecular weight excluding hydrogens is 392 g/mol. The number of fused-ring (bicyclic) bond motifs is 1. The van der Waals surface area contributed by atoms with E-state index in [-0.39, 0.29) is 5.69 Å². The second kappa shape index (κ2) is 7.88. The highest BCUT2D eigenvalue weighted by atomic mass is 16.5. The van der Waals surface area contributed by atoms with Gasteiger partial charge in [-0.15, -0.1) is 0 Å². The van der Waals surface area contributed by atoms with Gasteiger partial charge in [0.05, 0.1) is 18.9 Å². The molecule has 4 rings (SSSR count). The van der Waals surface area contributed by atoms with E-state index in [1.165, 1.54) is 0 Å². The monoisotopic (exact) mass is 412 g/mol. The maximum atomic E-state index is 12.5. The number of amides is 1. The summed E-state index contributed by atoms with van der Waals surface area (Å²) in [5.41, 5.74) is 3.18. The summed E-state index contributed by atoms with van der Waals surface area (Å²) in [6.45, 7) is 3.27. The van der Waals surface area contributed by atoms with Gasteiger partial charge in [0.15, 0.2) is 0 Å². The van der Waals surface area contributed by atoms with Gasteiger partial charge in [0.25, 0.3) is 5.91 Å². The van der Waals surface area contributed by atoms with Gasteiger partial charge >= 0.3 is 0 Å². The number of rotatable bonds is 5. The lowest BCUT2D eigenvalue weighted by Gasteiger charge is -2.17. The summed E-state index contributed by atoms with van der Waals surface area (Å²) < 4.78 is 5.10. The van der Waals surface area contributed by atoms with Crippen molar-refractivity contribution >= 4 is 16.9 Å². The summed E-state index contributed by atoms with van der Waals surface area (Å²) in [5.74, 6) is 0.145. The third-order valence-electron chi connectivity index (χ3n) is 4.71. The topological polar surface area (TPSA) is 117 Å². The molecule has 31 heavy (non-hydrogen) atoms. The van der Waals surface area contributed by atoms with Crippen molar-refractivity contribution in [3.63, 3.8) is 0 Å². The lowest BCUT2D eigenvalue weighted by molar-refractivity contribution is 0.0924. The van der Waals surface area contributed by atoms with Crippen molar-refractivity contribution in [2.75, 3.05) is 7.11 Å². The fourth-order valence-corrected chi connectivity index (χ4v) is 3.07. The predicted molar refractivity (Wildman–Crippen MR) is 116 cm³/mol. The van der Waals surface area contributed by atoms with Crippen LogP contribution in [0.25, 0.3) is 33.5 Å². The van der Waals surface area contributed by atoms with Crippen LogP contribution in [0.2, 0.25) is 0 Å². The van der Waals surface area contributed by atoms with Crippen LogP contribution in [0.15, 0.2) is 54.9 Å². The number of carbonyl (C=O) groups is 1. The number of H-pyrrole nitrogens is 1. The normalized spacial score (nSPS) is 11.2. The first kappa shape index (κ1) is 20.0. The largest absolute Gasteiger partial charge is 0.481 e. The second-order valence-electron chi connectivity index (χ2n) is 7.53. The van der Waals surface area contributed by atoms with Crippen molar-refractivity contribution in [2.45, 2.75) is 19.4 Å². The highest BCUT2D eigenvalue weighted by Gasteiger charge is 2.21. The summed E-state index contributed by atoms with van der Waals surface area (Å²) >= 11 is 0. The summed E-state index contributed by atoms with van der Waals surface area (Å²) in [6, 6.07) is 14.9. The highest BCUT2D eigenvalue weighted by Crippen LogP contribution is 2.27. The molecule has 0 radical (unpaired) electrons. The molecule has 154 valence electrons. The third kappa shape index (κ3) is 4.21. The average molecular weight is 412 g/mol. The van der Waals surface area contributed by atoms with Gasteiger partial charge in [-0.25, -0.2) is 15.0 Å². The molecule has 8 nitrogen and oxygen atoms in total. The molecule has 1 amide bonds. The van der Waals surface area contributed by atoms with Crippen molar-refractivity contribution in [2.24, 2.45) is 0 Å². The van der Waals surface area contributed by atoms with Crippen LogP contribution in [0, 0.1) is 11.3 Å². The van der Waals surface area contributed by atoms with Crippen molar-refractivity contribution in [3.05, 3.63) is 60.6 Å². The molecule has 4 aromatic rings. The van der Waals surface area contributed by atoms with E-state index in [1.807, 2.05) is 30.3 Å². The number of pyridine rings is 3. The number of aromatic nitrogens is 4. The molecule has 0 saturated heterocycles. The Labute approximate surface area is 179 Å². The van der Waals surface area contributed by atoms with E-state index in [2.05, 4.69) is 25.3 Å². The van der Waals surface area contributed by atoms with E-state index in [0.29, 0.717) is 11.6 Å². The van der Waals surface area contributed by atoms with Gasteiger partial charge in [-0.2, -0.15) is 5.26 Å². The molecule has 4 heterocycles. The first-order valence-corrected chi connectivity index (χ1v) is 9.59. The molecule has 0 saturated carbocycles. The van der Waals surface area contributed by atoms with Gasteiger partial charge in [0.1, 0.15) is 16.9 Å². The number of nitriles is 1. The van der Waals surface area contributed by atoms with Crippen molar-refractivity contribution in [1.82, 2.24) is 25.3 Å². The number of aromatic amines is 1. The minimum absolute atomic E-state index is 0.236. The zero-order valence-electron chi connectivity index (χ0n) is 17.3. The number of hydrogen-bond acceptors (Lipinski definition) is 6. The molecule has 8 heteroatoms. The van der Waals surface area contributed by atoms with Crippen molar-refractivity contribution < 1.29 is 9.53 Å². The number of nitrogens with one attached hydrogen (secondary N) is 2. The first-order chi connectivity index (χ1) is 14.9. The van der Waals surface area contributed by atoms with Gasteiger partial charge in [0.2, 0.25) is 5.88 Å². The summed E-state index contributed by atoms with van der Waals surface area (Å²) in [6.07, 6.45) is 3.44. The van der Waals surface area contributed by atoms with E-state index in [0.717, 1.165) is 27.9 Å². The minimum Gasteiger partial charge on any atom is -0.481 e. The first-order valence-electron chi connectivity index (χ1n) is 9.59. The average Bonchev–Trinajstić information content (AvgIpc) is 3.22. The lowest BCUT2D eigenvalue weighted by atomic mass is 10.1. The molecule has 0 atom stereocenters. The Morgan fingerprint density at radius 2 is 1.94 bits per heavy atom. The molecule has 2 N–H and O–H groups in total. The number of methoxy groups -OCH3 is 1. The molecular formula is C23H20N6O2. The minimum atomic E-state index is -0.979. The Bertz CT molecular complexity index is 1300. The zero-order chi connectivity index (χ0) is 22.0. The Hall–Kier alpha value is -4.25. The number of ether oxygens (including phenoxy) is 1. The summed E-state index contributed by atoms with van der Waals surface area (Å²) in [5, 5.41) is 12.7. The molecule has 0 fully saturated rings. The van der Waals surface area contributed by atoms with Crippen LogP contribution in [0.4, 0.5) is 0 Å². The van der Waals surface area contributed by atoms with Crippen molar-refractivity contribution in [1.29, 1.82) is 5.26 Å². The van der Waals surface area contributed by atoms with E-state index in [9.17, 15) is 4.79 Å². The fraction of sp³-hybridized carbons (Fsp3) is 0.174. The third-order valence-corrected chi connectivity index (χ3v) is 4.71. The molecule has 0 aromatic carbocycles. The van der Waals surface area contributed by atoms with Gasteiger partial charge in [-0.3, -0.25) is 4.79 Å². The molecule has 0 spiro atoms. The van der Waals surface area contributed by atoms with E-state index >= 15 is 0 Å².